The number of nitrogens with zero attached hydrogens (tertiary/aromatic N) is 3. The van der Waals surface area contributed by atoms with Crippen molar-refractivity contribution in [3.63, 3.8) is 0 Å². The van der Waals surface area contributed by atoms with Crippen LogP contribution in [0.2, 0.25) is 0 Å². The first-order chi connectivity index (χ1) is 14.3. The summed E-state index contributed by atoms with van der Waals surface area (Å²) in [5.74, 6) is -3.74. The van der Waals surface area contributed by atoms with Crippen molar-refractivity contribution in [3.8, 4) is 6.07 Å². The molecule has 0 bridgehead atoms. The Hall–Kier alpha value is -3.38. The maximum Gasteiger partial charge on any atom is 0.299 e. The van der Waals surface area contributed by atoms with Gasteiger partial charge in [-0.15, -0.1) is 0 Å². The van der Waals surface area contributed by atoms with Gasteiger partial charge in [-0.25, -0.2) is 13.8 Å². The number of carbonyl (C=O) groups is 1. The Morgan fingerprint density at radius 1 is 1.30 bits per heavy atom. The SMILES string of the molecule is N#Cc1ccc(C(=O)Nc2ccc3c(c2)C2(CCC3)N=C(N)COCC2(F)F)nc1. The Labute approximate surface area is 171 Å². The lowest BCUT2D eigenvalue weighted by molar-refractivity contribution is -0.125. The van der Waals surface area contributed by atoms with E-state index >= 15 is 8.78 Å². The van der Waals surface area contributed by atoms with Crippen molar-refractivity contribution < 1.29 is 18.3 Å². The normalized spacial score (nSPS) is 22.4. The van der Waals surface area contributed by atoms with E-state index in [1.807, 2.05) is 6.07 Å². The second-order valence-electron chi connectivity index (χ2n) is 7.38. The number of aryl methyl sites for hydroxylation is 1. The van der Waals surface area contributed by atoms with E-state index in [1.165, 1.54) is 24.4 Å². The van der Waals surface area contributed by atoms with Crippen molar-refractivity contribution in [3.05, 3.63) is 58.9 Å². The number of alkyl halides is 2. The summed E-state index contributed by atoms with van der Waals surface area (Å²) >= 11 is 0. The average molecular weight is 411 g/mol. The van der Waals surface area contributed by atoms with Gasteiger partial charge in [0.05, 0.1) is 5.56 Å². The molecule has 1 unspecified atom stereocenters. The highest BCUT2D eigenvalue weighted by molar-refractivity contribution is 6.03. The smallest absolute Gasteiger partial charge is 0.299 e. The lowest BCUT2D eigenvalue weighted by Crippen LogP contribution is -2.48. The van der Waals surface area contributed by atoms with Crippen LogP contribution in [0.25, 0.3) is 0 Å². The molecule has 0 saturated heterocycles. The van der Waals surface area contributed by atoms with Gasteiger partial charge in [0.25, 0.3) is 11.8 Å². The molecule has 4 rings (SSSR count). The minimum atomic E-state index is -3.25. The molecule has 1 atom stereocenters. The van der Waals surface area contributed by atoms with Gasteiger partial charge in [-0.1, -0.05) is 6.07 Å². The maximum atomic E-state index is 15.2. The Bertz CT molecular complexity index is 1060. The molecular weight excluding hydrogens is 392 g/mol. The molecule has 1 aliphatic carbocycles. The topological polar surface area (TPSA) is 113 Å². The third kappa shape index (κ3) is 3.39. The predicted molar refractivity (Wildman–Crippen MR) is 105 cm³/mol. The van der Waals surface area contributed by atoms with Crippen LogP contribution in [0.5, 0.6) is 0 Å². The molecule has 0 radical (unpaired) electrons. The molecular formula is C21H19F2N5O2. The molecule has 3 N–H and O–H groups in total. The molecule has 0 fully saturated rings. The molecule has 2 heterocycles. The van der Waals surface area contributed by atoms with Crippen LogP contribution in [0.15, 0.2) is 41.5 Å². The zero-order valence-electron chi connectivity index (χ0n) is 16.0. The lowest BCUT2D eigenvalue weighted by atomic mass is 9.73. The van der Waals surface area contributed by atoms with Crippen molar-refractivity contribution in [2.45, 2.75) is 30.7 Å². The number of ether oxygens (including phenoxy) is 1. The van der Waals surface area contributed by atoms with Gasteiger partial charge >= 0.3 is 0 Å². The molecule has 1 amide bonds. The summed E-state index contributed by atoms with van der Waals surface area (Å²) in [4.78, 5) is 20.7. The quantitative estimate of drug-likeness (QED) is 0.789. The van der Waals surface area contributed by atoms with Gasteiger partial charge < -0.3 is 15.8 Å². The fourth-order valence-electron chi connectivity index (χ4n) is 3.97. The van der Waals surface area contributed by atoms with Crippen LogP contribution in [0, 0.1) is 11.3 Å². The standard InChI is InChI=1S/C21H19F2N5O2/c22-21(23)12-30-11-18(25)28-20(21)7-1-2-14-4-5-15(8-16(14)20)27-19(29)17-6-3-13(9-24)10-26-17/h3-6,8,10H,1-2,7,11-12H2,(H2,25,28)(H,27,29). The predicted octanol–water partition coefficient (Wildman–Crippen LogP) is 2.76. The summed E-state index contributed by atoms with van der Waals surface area (Å²) < 4.78 is 35.4. The maximum absolute atomic E-state index is 15.2. The van der Waals surface area contributed by atoms with Gasteiger partial charge in [-0.3, -0.25) is 9.79 Å². The number of aliphatic imine (C=N–C) groups is 1. The minimum absolute atomic E-state index is 0.0243. The van der Waals surface area contributed by atoms with Gasteiger partial charge in [0.1, 0.15) is 30.8 Å². The highest BCUT2D eigenvalue weighted by Crippen LogP contribution is 2.50. The van der Waals surface area contributed by atoms with Crippen LogP contribution in [-0.2, 0) is 16.7 Å². The number of nitrogens with one attached hydrogen (secondary N) is 1. The summed E-state index contributed by atoms with van der Waals surface area (Å²) in [6.45, 7) is -0.921. The molecule has 1 aromatic heterocycles. The van der Waals surface area contributed by atoms with Crippen molar-refractivity contribution >= 4 is 17.4 Å². The zero-order chi connectivity index (χ0) is 21.4. The van der Waals surface area contributed by atoms with Crippen LogP contribution in [0.1, 0.15) is 40.0 Å². The third-order valence-electron chi connectivity index (χ3n) is 5.40. The number of pyridine rings is 1. The number of amidine groups is 1. The van der Waals surface area contributed by atoms with Crippen molar-refractivity contribution in [2.24, 2.45) is 10.7 Å². The number of anilines is 1. The number of halogens is 2. The molecule has 30 heavy (non-hydrogen) atoms. The van der Waals surface area contributed by atoms with E-state index in [9.17, 15) is 4.79 Å². The van der Waals surface area contributed by atoms with Crippen molar-refractivity contribution in [2.75, 3.05) is 18.5 Å². The van der Waals surface area contributed by atoms with E-state index in [0.717, 1.165) is 5.56 Å². The highest BCUT2D eigenvalue weighted by Gasteiger charge is 2.57. The fraction of sp³-hybridized carbons (Fsp3) is 0.333. The van der Waals surface area contributed by atoms with E-state index < -0.39 is 24.0 Å². The molecule has 1 aliphatic heterocycles. The van der Waals surface area contributed by atoms with E-state index in [4.69, 9.17) is 15.7 Å². The molecule has 9 heteroatoms. The first-order valence-corrected chi connectivity index (χ1v) is 9.45. The monoisotopic (exact) mass is 411 g/mol. The number of aromatic nitrogens is 1. The first-order valence-electron chi connectivity index (χ1n) is 9.45. The molecule has 1 spiro atoms. The first kappa shape index (κ1) is 19.9. The van der Waals surface area contributed by atoms with E-state index in [0.29, 0.717) is 29.7 Å². The van der Waals surface area contributed by atoms with E-state index in [1.54, 1.807) is 12.1 Å². The summed E-state index contributed by atoms with van der Waals surface area (Å²) in [5.41, 5.74) is 5.88. The Morgan fingerprint density at radius 2 is 2.13 bits per heavy atom. The Balaban J connectivity index is 1.71. The fourth-order valence-corrected chi connectivity index (χ4v) is 3.97. The molecule has 154 valence electrons. The van der Waals surface area contributed by atoms with E-state index in [-0.39, 0.29) is 24.6 Å². The second-order valence-corrected chi connectivity index (χ2v) is 7.38. The number of hydrogen-bond donors (Lipinski definition) is 2. The molecule has 1 aromatic carbocycles. The molecule has 7 nitrogen and oxygen atoms in total. The number of hydrogen-bond acceptors (Lipinski definition) is 6. The summed E-state index contributed by atoms with van der Waals surface area (Å²) in [6, 6.07) is 9.76. The average Bonchev–Trinajstić information content (AvgIpc) is 2.84. The van der Waals surface area contributed by atoms with Gasteiger partial charge in [-0.05, 0) is 54.7 Å². The van der Waals surface area contributed by atoms with Gasteiger partial charge in [0, 0.05) is 11.9 Å². The molecule has 0 saturated carbocycles. The summed E-state index contributed by atoms with van der Waals surface area (Å²) in [6.07, 6.45) is 2.60. The lowest BCUT2D eigenvalue weighted by Gasteiger charge is -2.40. The number of rotatable bonds is 2. The van der Waals surface area contributed by atoms with Gasteiger partial charge in [0.2, 0.25) is 0 Å². The van der Waals surface area contributed by atoms with Gasteiger partial charge in [0.15, 0.2) is 5.54 Å². The van der Waals surface area contributed by atoms with Crippen molar-refractivity contribution in [1.29, 1.82) is 5.26 Å². The number of benzene rings is 1. The zero-order valence-corrected chi connectivity index (χ0v) is 16.0. The Morgan fingerprint density at radius 3 is 2.87 bits per heavy atom. The number of nitrogens with two attached hydrogens (primary N) is 1. The third-order valence-corrected chi connectivity index (χ3v) is 5.40. The number of nitriles is 1. The van der Waals surface area contributed by atoms with E-state index in [2.05, 4.69) is 15.3 Å². The summed E-state index contributed by atoms with van der Waals surface area (Å²) in [5, 5.41) is 11.5. The second kappa shape index (κ2) is 7.46. The molecule has 2 aliphatic rings. The largest absolute Gasteiger partial charge is 0.385 e. The number of carbonyl (C=O) groups excluding carboxylic acids is 1. The number of fused-ring (bicyclic) bond motifs is 2. The van der Waals surface area contributed by atoms with Crippen LogP contribution in [0.4, 0.5) is 14.5 Å². The molecule has 2 aromatic rings. The van der Waals surface area contributed by atoms with Crippen LogP contribution in [-0.4, -0.2) is 35.9 Å². The minimum Gasteiger partial charge on any atom is -0.385 e. The van der Waals surface area contributed by atoms with Gasteiger partial charge in [-0.2, -0.15) is 5.26 Å². The van der Waals surface area contributed by atoms with Crippen molar-refractivity contribution in [1.82, 2.24) is 4.98 Å². The highest BCUT2D eigenvalue weighted by atomic mass is 19.3. The Kier molecular flexibility index (Phi) is 4.95. The van der Waals surface area contributed by atoms with Crippen LogP contribution in [0.3, 0.4) is 0 Å². The summed E-state index contributed by atoms with van der Waals surface area (Å²) in [7, 11) is 0. The van der Waals surface area contributed by atoms with Crippen LogP contribution >= 0.6 is 0 Å². The number of amides is 1. The van der Waals surface area contributed by atoms with Crippen LogP contribution < -0.4 is 11.1 Å².